The number of likely N-dealkylation sites (tertiary alicyclic amines) is 1. The third-order valence-electron chi connectivity index (χ3n) is 4.65. The van der Waals surface area contributed by atoms with Crippen LogP contribution in [0.5, 0.6) is 0 Å². The lowest BCUT2D eigenvalue weighted by Crippen LogP contribution is -2.44. The minimum Gasteiger partial charge on any atom is -0.464 e. The number of benzene rings is 1. The lowest BCUT2D eigenvalue weighted by atomic mass is 9.93. The number of nitrogens with one attached hydrogen (secondary N) is 2. The molecule has 1 aromatic heterocycles. The normalized spacial score (nSPS) is 15.5. The number of amides is 3. The number of hydrogen-bond donors (Lipinski definition) is 2. The maximum absolute atomic E-state index is 12.3. The highest BCUT2D eigenvalue weighted by Gasteiger charge is 2.24. The molecule has 0 bridgehead atoms. The van der Waals surface area contributed by atoms with Gasteiger partial charge in [0.05, 0.1) is 6.26 Å². The average molecular weight is 329 g/mol. The molecule has 1 aromatic carbocycles. The van der Waals surface area contributed by atoms with Gasteiger partial charge in [-0.2, -0.15) is 0 Å². The van der Waals surface area contributed by atoms with Crippen LogP contribution in [0, 0.1) is 5.92 Å². The van der Waals surface area contributed by atoms with Crippen LogP contribution < -0.4 is 10.6 Å². The van der Waals surface area contributed by atoms with E-state index < -0.39 is 0 Å². The molecular weight excluding hydrogens is 306 g/mol. The minimum atomic E-state index is -0.0568. The first-order chi connectivity index (χ1) is 11.7. The Morgan fingerprint density at radius 1 is 1.25 bits per heavy atom. The summed E-state index contributed by atoms with van der Waals surface area (Å²) in [5.74, 6) is 0.441. The smallest absolute Gasteiger partial charge is 0.317 e. The number of para-hydroxylation sites is 1. The molecule has 128 valence electrons. The van der Waals surface area contributed by atoms with Crippen LogP contribution >= 0.6 is 0 Å². The van der Waals surface area contributed by atoms with E-state index in [1.807, 2.05) is 29.2 Å². The Morgan fingerprint density at radius 3 is 2.75 bits per heavy atom. The van der Waals surface area contributed by atoms with Gasteiger partial charge in [0.25, 0.3) is 0 Å². The van der Waals surface area contributed by atoms with Crippen molar-refractivity contribution in [2.45, 2.75) is 25.8 Å². The van der Waals surface area contributed by atoms with Gasteiger partial charge in [-0.15, -0.1) is 0 Å². The van der Waals surface area contributed by atoms with Crippen LogP contribution in [0.2, 0.25) is 0 Å². The zero-order valence-electron chi connectivity index (χ0n) is 13.9. The Balaban J connectivity index is 1.49. The van der Waals surface area contributed by atoms with Crippen molar-refractivity contribution < 1.29 is 14.0 Å². The van der Waals surface area contributed by atoms with Crippen molar-refractivity contribution in [3.8, 4) is 0 Å². The first-order valence-electron chi connectivity index (χ1n) is 8.36. The van der Waals surface area contributed by atoms with E-state index in [2.05, 4.69) is 10.6 Å². The quantitative estimate of drug-likeness (QED) is 0.905. The van der Waals surface area contributed by atoms with Gasteiger partial charge < -0.3 is 20.0 Å². The molecule has 2 N–H and O–H groups in total. The molecule has 24 heavy (non-hydrogen) atoms. The van der Waals surface area contributed by atoms with Crippen LogP contribution in [-0.4, -0.2) is 37.0 Å². The molecule has 0 spiro atoms. The van der Waals surface area contributed by atoms with Crippen LogP contribution in [0.15, 0.2) is 34.9 Å². The molecule has 0 radical (unpaired) electrons. The Labute approximate surface area is 141 Å². The lowest BCUT2D eigenvalue weighted by Gasteiger charge is -2.31. The largest absolute Gasteiger partial charge is 0.464 e. The Kier molecular flexibility index (Phi) is 5.03. The summed E-state index contributed by atoms with van der Waals surface area (Å²) in [5.41, 5.74) is 1.81. The zero-order valence-corrected chi connectivity index (χ0v) is 13.9. The highest BCUT2D eigenvalue weighted by atomic mass is 16.3. The zero-order chi connectivity index (χ0) is 16.9. The van der Waals surface area contributed by atoms with E-state index in [9.17, 15) is 9.59 Å². The number of piperidine rings is 1. The van der Waals surface area contributed by atoms with Crippen molar-refractivity contribution in [3.05, 3.63) is 36.1 Å². The summed E-state index contributed by atoms with van der Waals surface area (Å²) in [6.07, 6.45) is 3.98. The number of fused-ring (bicyclic) bond motifs is 1. The molecule has 3 rings (SSSR count). The fraction of sp³-hybridized carbons (Fsp3) is 0.444. The second kappa shape index (κ2) is 7.38. The van der Waals surface area contributed by atoms with E-state index in [0.717, 1.165) is 29.4 Å². The Bertz CT molecular complexity index is 717. The van der Waals surface area contributed by atoms with Gasteiger partial charge in [-0.05, 0) is 24.8 Å². The predicted molar refractivity (Wildman–Crippen MR) is 91.4 cm³/mol. The van der Waals surface area contributed by atoms with Crippen LogP contribution in [-0.2, 0) is 11.3 Å². The molecule has 6 heteroatoms. The molecule has 2 aromatic rings. The van der Waals surface area contributed by atoms with Crippen molar-refractivity contribution in [3.63, 3.8) is 0 Å². The fourth-order valence-corrected chi connectivity index (χ4v) is 3.16. The summed E-state index contributed by atoms with van der Waals surface area (Å²) >= 11 is 0. The van der Waals surface area contributed by atoms with E-state index in [1.165, 1.54) is 0 Å². The van der Waals surface area contributed by atoms with Gasteiger partial charge in [0.15, 0.2) is 0 Å². The molecule has 2 heterocycles. The van der Waals surface area contributed by atoms with Crippen molar-refractivity contribution in [2.75, 3.05) is 20.1 Å². The molecule has 0 unspecified atom stereocenters. The summed E-state index contributed by atoms with van der Waals surface area (Å²) in [7, 11) is 1.66. The molecule has 1 aliphatic heterocycles. The molecule has 0 aliphatic carbocycles. The van der Waals surface area contributed by atoms with Gasteiger partial charge in [0.2, 0.25) is 5.91 Å². The number of rotatable bonds is 4. The summed E-state index contributed by atoms with van der Waals surface area (Å²) < 4.78 is 5.49. The van der Waals surface area contributed by atoms with Crippen LogP contribution in [0.4, 0.5) is 4.79 Å². The highest BCUT2D eigenvalue weighted by molar-refractivity contribution is 5.82. The van der Waals surface area contributed by atoms with Crippen molar-refractivity contribution in [1.82, 2.24) is 15.5 Å². The molecule has 1 aliphatic rings. The lowest BCUT2D eigenvalue weighted by molar-refractivity contribution is -0.121. The Morgan fingerprint density at radius 2 is 2.00 bits per heavy atom. The third kappa shape index (κ3) is 3.69. The van der Waals surface area contributed by atoms with Crippen LogP contribution in [0.3, 0.4) is 0 Å². The van der Waals surface area contributed by atoms with Gasteiger partial charge in [-0.25, -0.2) is 4.79 Å². The van der Waals surface area contributed by atoms with E-state index in [0.29, 0.717) is 32.0 Å². The minimum absolute atomic E-state index is 0.0568. The van der Waals surface area contributed by atoms with Gasteiger partial charge in [-0.1, -0.05) is 18.2 Å². The Hall–Kier alpha value is -2.50. The maximum Gasteiger partial charge on any atom is 0.317 e. The predicted octanol–water partition coefficient (Wildman–Crippen LogP) is 2.49. The molecule has 3 amide bonds. The van der Waals surface area contributed by atoms with Gasteiger partial charge in [-0.3, -0.25) is 4.79 Å². The maximum atomic E-state index is 12.3. The summed E-state index contributed by atoms with van der Waals surface area (Å²) in [5, 5.41) is 6.65. The van der Waals surface area contributed by atoms with E-state index >= 15 is 0 Å². The number of urea groups is 1. The monoisotopic (exact) mass is 329 g/mol. The number of carbonyl (C=O) groups is 2. The van der Waals surface area contributed by atoms with E-state index in [4.69, 9.17) is 4.42 Å². The summed E-state index contributed by atoms with van der Waals surface area (Å²) in [4.78, 5) is 25.6. The standard InChI is InChI=1S/C18H23N3O3/c1-19-17(22)10-13-6-8-21(9-7-13)18(23)20-11-14-12-24-16-5-3-2-4-15(14)16/h2-5,12-13H,6-11H2,1H3,(H,19,22)(H,20,23). The van der Waals surface area contributed by atoms with E-state index in [-0.39, 0.29) is 11.9 Å². The first kappa shape index (κ1) is 16.4. The second-order valence-electron chi connectivity index (χ2n) is 6.22. The highest BCUT2D eigenvalue weighted by Crippen LogP contribution is 2.22. The molecule has 1 fully saturated rings. The topological polar surface area (TPSA) is 74.6 Å². The number of hydrogen-bond acceptors (Lipinski definition) is 3. The number of furan rings is 1. The molecular formula is C18H23N3O3. The molecule has 6 nitrogen and oxygen atoms in total. The third-order valence-corrected chi connectivity index (χ3v) is 4.65. The molecule has 0 saturated carbocycles. The number of carbonyl (C=O) groups excluding carboxylic acids is 2. The van der Waals surface area contributed by atoms with Gasteiger partial charge in [0.1, 0.15) is 5.58 Å². The first-order valence-corrected chi connectivity index (χ1v) is 8.36. The summed E-state index contributed by atoms with van der Waals surface area (Å²) in [6.45, 7) is 1.84. The van der Waals surface area contributed by atoms with Crippen LogP contribution in [0.1, 0.15) is 24.8 Å². The average Bonchev–Trinajstić information content (AvgIpc) is 3.03. The summed E-state index contributed by atoms with van der Waals surface area (Å²) in [6, 6.07) is 7.73. The molecule has 0 atom stereocenters. The van der Waals surface area contributed by atoms with E-state index in [1.54, 1.807) is 13.3 Å². The van der Waals surface area contributed by atoms with Crippen molar-refractivity contribution >= 4 is 22.9 Å². The van der Waals surface area contributed by atoms with Gasteiger partial charge >= 0.3 is 6.03 Å². The van der Waals surface area contributed by atoms with Crippen LogP contribution in [0.25, 0.3) is 11.0 Å². The fourth-order valence-electron chi connectivity index (χ4n) is 3.16. The van der Waals surface area contributed by atoms with Crippen molar-refractivity contribution in [1.29, 1.82) is 0 Å². The molecule has 1 saturated heterocycles. The SMILES string of the molecule is CNC(=O)CC1CCN(C(=O)NCc2coc3ccccc23)CC1. The number of nitrogens with zero attached hydrogens (tertiary/aromatic N) is 1. The second-order valence-corrected chi connectivity index (χ2v) is 6.22. The van der Waals surface area contributed by atoms with Gasteiger partial charge in [0, 0.05) is 44.1 Å². The van der Waals surface area contributed by atoms with Crippen molar-refractivity contribution in [2.24, 2.45) is 5.92 Å².